The average molecular weight is 933 g/mol. The lowest BCUT2D eigenvalue weighted by Gasteiger charge is -2.19. The van der Waals surface area contributed by atoms with E-state index in [0.717, 1.165) is 98.9 Å². The quantitative estimate of drug-likeness (QED) is 0.0629. The molecule has 0 saturated heterocycles. The maximum absolute atomic E-state index is 13.7. The summed E-state index contributed by atoms with van der Waals surface area (Å²) in [6, 6.07) is 53.7. The Kier molecular flexibility index (Phi) is 18.5. The van der Waals surface area contributed by atoms with Gasteiger partial charge in [0, 0.05) is 113 Å². The van der Waals surface area contributed by atoms with Crippen molar-refractivity contribution < 1.29 is 17.9 Å². The molecule has 5 aromatic carbocycles. The molecule has 0 radical (unpaired) electrons. The Morgan fingerprint density at radius 3 is 1.33 bits per heavy atom. The molecule has 0 N–H and O–H groups in total. The highest BCUT2D eigenvalue weighted by Gasteiger charge is 2.18. The van der Waals surface area contributed by atoms with Crippen molar-refractivity contribution >= 4 is 29.2 Å². The van der Waals surface area contributed by atoms with E-state index in [-0.39, 0.29) is 11.6 Å². The highest BCUT2D eigenvalue weighted by Crippen LogP contribution is 2.30. The van der Waals surface area contributed by atoms with E-state index < -0.39 is 0 Å². The monoisotopic (exact) mass is 933 g/mol. The van der Waals surface area contributed by atoms with E-state index in [9.17, 15) is 8.78 Å². The van der Waals surface area contributed by atoms with Crippen LogP contribution in [0.15, 0.2) is 146 Å². The van der Waals surface area contributed by atoms with E-state index in [0.29, 0.717) is 32.4 Å². The fraction of sp³-hybridized carbons (Fsp3) is 0.250. The molecule has 0 aliphatic heterocycles. The van der Waals surface area contributed by atoms with Gasteiger partial charge in [0.25, 0.3) is 0 Å². The molecule has 0 bridgehead atoms. The van der Waals surface area contributed by atoms with Gasteiger partial charge in [-0.2, -0.15) is 24.9 Å². The number of aryl methyl sites for hydroxylation is 1. The number of rotatable bonds is 18. The van der Waals surface area contributed by atoms with Crippen LogP contribution in [-0.4, -0.2) is 40.8 Å². The molecule has 0 aliphatic rings. The van der Waals surface area contributed by atoms with Crippen LogP contribution in [0.3, 0.4) is 0 Å². The number of halogens is 2. The molecule has 8 nitrogen and oxygen atoms in total. The number of nitriles is 3. The van der Waals surface area contributed by atoms with E-state index in [1.165, 1.54) is 30.0 Å². The lowest BCUT2D eigenvalue weighted by atomic mass is 10.0. The van der Waals surface area contributed by atoms with Crippen LogP contribution in [0.2, 0.25) is 0 Å². The van der Waals surface area contributed by atoms with Crippen LogP contribution in [-0.2, 0) is 14.1 Å². The van der Waals surface area contributed by atoms with Crippen LogP contribution in [0.1, 0.15) is 55.5 Å². The van der Waals surface area contributed by atoms with Gasteiger partial charge in [-0.25, -0.2) is 8.78 Å². The lowest BCUT2D eigenvalue weighted by Crippen LogP contribution is -2.34. The zero-order valence-corrected chi connectivity index (χ0v) is 41.2. The van der Waals surface area contributed by atoms with Gasteiger partial charge in [0.05, 0.1) is 31.0 Å². The number of nitrogens with zero attached hydrogens (tertiary/aromatic N) is 8. The van der Waals surface area contributed by atoms with Crippen molar-refractivity contribution in [2.75, 3.05) is 55.5 Å². The molecule has 10 heteroatoms. The fourth-order valence-corrected chi connectivity index (χ4v) is 8.16. The van der Waals surface area contributed by atoms with Crippen LogP contribution in [0.4, 0.5) is 25.8 Å². The molecule has 2 heterocycles. The Morgan fingerprint density at radius 2 is 0.857 bits per heavy atom. The van der Waals surface area contributed by atoms with E-state index in [1.54, 1.807) is 12.1 Å². The first-order chi connectivity index (χ1) is 33.9. The number of benzene rings is 5. The summed E-state index contributed by atoms with van der Waals surface area (Å²) in [4.78, 5) is 6.41. The van der Waals surface area contributed by atoms with Gasteiger partial charge >= 0.3 is 0 Å². The second-order valence-corrected chi connectivity index (χ2v) is 17.5. The predicted octanol–water partition coefficient (Wildman–Crippen LogP) is 12.7. The molecule has 2 aromatic heterocycles. The molecule has 0 fully saturated rings. The summed E-state index contributed by atoms with van der Waals surface area (Å²) in [5, 5.41) is 26.4. The molecule has 0 spiro atoms. The highest BCUT2D eigenvalue weighted by molar-refractivity contribution is 5.76. The number of anilines is 3. The van der Waals surface area contributed by atoms with Gasteiger partial charge < -0.3 is 14.7 Å². The predicted molar refractivity (Wildman–Crippen MR) is 281 cm³/mol. The molecule has 7 rings (SSSR count). The van der Waals surface area contributed by atoms with Crippen LogP contribution >= 0.6 is 0 Å². The zero-order valence-electron chi connectivity index (χ0n) is 41.2. The third-order valence-corrected chi connectivity index (χ3v) is 12.6. The van der Waals surface area contributed by atoms with Crippen molar-refractivity contribution in [3.8, 4) is 63.0 Å². The van der Waals surface area contributed by atoms with Crippen LogP contribution in [0.25, 0.3) is 56.9 Å². The van der Waals surface area contributed by atoms with Crippen LogP contribution in [0, 0.1) is 52.6 Å². The Morgan fingerprint density at radius 1 is 0.443 bits per heavy atom. The summed E-state index contributed by atoms with van der Waals surface area (Å²) in [6.45, 7) is 4.43. The summed E-state index contributed by atoms with van der Waals surface area (Å²) in [5.41, 5.74) is 14.9. The minimum atomic E-state index is -0.258. The van der Waals surface area contributed by atoms with Gasteiger partial charge in [-0.1, -0.05) is 42.8 Å². The number of unbranched alkanes of at least 4 members (excludes halogenated alkanes) is 3. The highest BCUT2D eigenvalue weighted by atomic mass is 19.1. The minimum absolute atomic E-state index is 0.231. The third-order valence-electron chi connectivity index (χ3n) is 12.6. The van der Waals surface area contributed by atoms with Gasteiger partial charge in [-0.05, 0) is 132 Å². The van der Waals surface area contributed by atoms with Gasteiger partial charge in [-0.3, -0.25) is 0 Å². The molecular formula is C60H62F2N8+2. The number of aromatic nitrogens is 2. The molecule has 0 saturated carbocycles. The first-order valence-electron chi connectivity index (χ1n) is 23.7. The van der Waals surface area contributed by atoms with E-state index in [2.05, 4.69) is 165 Å². The molecule has 0 unspecified atom stereocenters. The van der Waals surface area contributed by atoms with Crippen molar-refractivity contribution in [3.63, 3.8) is 0 Å². The standard InChI is InChI=1S/C37H39FN5.C23H23FN3/c1-41(25-7-5-4-6-23-39)34-18-9-29(10-19-34)11-20-36-27-32(28-37(43(36)3)31-12-16-33(38)17-13-31)30-14-21-35(22-15-30)42(2)26-8-24-40;1-17-15-20(16-23(27(17)3)19-5-9-21(24)10-6-19)18-7-11-22(12-8-18)26(2)14-4-13-25/h9-22,27-28H,4-8,25-26H2,1-3H3;5-12,15-16H,4,14H2,1-3H3/q2*+1. The summed E-state index contributed by atoms with van der Waals surface area (Å²) in [5.74, 6) is -0.489. The molecule has 0 atom stereocenters. The SMILES string of the molecule is CN(CCC#N)c1ccc(-c2cc(/C=C/c3ccc(N(C)CCCCCC#N)cc3)[n+](C)c(-c3ccc(F)cc3)c2)cc1.Cc1cc(-c2ccc(N(C)CCC#N)cc2)cc(-c2ccc(F)cc2)[n+]1C. The van der Waals surface area contributed by atoms with E-state index in [4.69, 9.17) is 15.8 Å². The summed E-state index contributed by atoms with van der Waals surface area (Å²) < 4.78 is 31.3. The first-order valence-corrected chi connectivity index (χ1v) is 23.7. The normalized spacial score (nSPS) is 10.7. The van der Waals surface area contributed by atoms with Crippen molar-refractivity contribution in [2.45, 2.75) is 45.4 Å². The topological polar surface area (TPSA) is 88.8 Å². The summed E-state index contributed by atoms with van der Waals surface area (Å²) in [6.07, 6.45) is 8.96. The second-order valence-electron chi connectivity index (χ2n) is 17.5. The molecule has 0 amide bonds. The average Bonchev–Trinajstić information content (AvgIpc) is 3.38. The van der Waals surface area contributed by atoms with Crippen molar-refractivity contribution in [1.82, 2.24) is 0 Å². The maximum Gasteiger partial charge on any atom is 0.213 e. The van der Waals surface area contributed by atoms with Crippen LogP contribution < -0.4 is 23.8 Å². The fourth-order valence-electron chi connectivity index (χ4n) is 8.16. The summed E-state index contributed by atoms with van der Waals surface area (Å²) in [7, 11) is 10.1. The van der Waals surface area contributed by atoms with Gasteiger partial charge in [0.15, 0.2) is 5.69 Å². The third kappa shape index (κ3) is 14.0. The van der Waals surface area contributed by atoms with Crippen molar-refractivity contribution in [2.24, 2.45) is 14.1 Å². The number of pyridine rings is 2. The number of hydrogen-bond acceptors (Lipinski definition) is 6. The zero-order chi connectivity index (χ0) is 50.0. The lowest BCUT2D eigenvalue weighted by molar-refractivity contribution is -0.666. The number of hydrogen-bond donors (Lipinski definition) is 0. The Labute approximate surface area is 413 Å². The molecule has 0 aliphatic carbocycles. The minimum Gasteiger partial charge on any atom is -0.375 e. The Balaban J connectivity index is 0.000000255. The smallest absolute Gasteiger partial charge is 0.213 e. The largest absolute Gasteiger partial charge is 0.375 e. The van der Waals surface area contributed by atoms with Gasteiger partial charge in [0.1, 0.15) is 25.7 Å². The maximum atomic E-state index is 13.7. The van der Waals surface area contributed by atoms with E-state index in [1.807, 2.05) is 40.3 Å². The second kappa shape index (κ2) is 25.3. The summed E-state index contributed by atoms with van der Waals surface area (Å²) >= 11 is 0. The van der Waals surface area contributed by atoms with Gasteiger partial charge in [0.2, 0.25) is 17.1 Å². The van der Waals surface area contributed by atoms with Crippen molar-refractivity contribution in [3.05, 3.63) is 174 Å². The molecule has 354 valence electrons. The van der Waals surface area contributed by atoms with E-state index >= 15 is 0 Å². The van der Waals surface area contributed by atoms with Gasteiger partial charge in [-0.15, -0.1) is 0 Å². The Bertz CT molecular complexity index is 2960. The Hall–Kier alpha value is -8.13. The molecule has 70 heavy (non-hydrogen) atoms. The van der Waals surface area contributed by atoms with Crippen molar-refractivity contribution in [1.29, 1.82) is 15.8 Å². The molecule has 7 aromatic rings. The van der Waals surface area contributed by atoms with Crippen LogP contribution in [0.5, 0.6) is 0 Å². The molecular weight excluding hydrogens is 871 g/mol. The first kappa shape index (κ1) is 51.3.